The van der Waals surface area contributed by atoms with Crippen LogP contribution in [0.25, 0.3) is 0 Å². The highest BCUT2D eigenvalue weighted by Crippen LogP contribution is 2.18. The van der Waals surface area contributed by atoms with E-state index in [0.717, 1.165) is 103 Å². The Morgan fingerprint density at radius 1 is 0.256 bits per heavy atom. The molecule has 474 valence electrons. The summed E-state index contributed by atoms with van der Waals surface area (Å²) < 4.78 is 16.9. The Bertz CT molecular complexity index is 1550. The summed E-state index contributed by atoms with van der Waals surface area (Å²) in [5, 5.41) is 0. The zero-order chi connectivity index (χ0) is 59.2. The van der Waals surface area contributed by atoms with Gasteiger partial charge in [0.15, 0.2) is 6.10 Å². The summed E-state index contributed by atoms with van der Waals surface area (Å²) in [4.78, 5) is 38.4. The second-order valence-electron chi connectivity index (χ2n) is 23.8. The summed E-state index contributed by atoms with van der Waals surface area (Å²) in [6.45, 7) is 6.50. The minimum Gasteiger partial charge on any atom is -0.462 e. The molecule has 0 aromatic carbocycles. The van der Waals surface area contributed by atoms with Crippen molar-refractivity contribution < 1.29 is 28.6 Å². The summed E-state index contributed by atoms with van der Waals surface area (Å²) in [6, 6.07) is 0. The molecule has 0 rings (SSSR count). The van der Waals surface area contributed by atoms with Crippen LogP contribution in [0.4, 0.5) is 0 Å². The van der Waals surface area contributed by atoms with Crippen LogP contribution in [-0.2, 0) is 28.6 Å². The molecule has 0 spiro atoms. The van der Waals surface area contributed by atoms with Crippen molar-refractivity contribution in [3.8, 4) is 0 Å². The Labute approximate surface area is 509 Å². The lowest BCUT2D eigenvalue weighted by atomic mass is 10.0. The third kappa shape index (κ3) is 67.4. The SMILES string of the molecule is CC/C=C\C/C=C\C/C=C\C/C=C\C/C=C\CCCC(=O)OC(COC(=O)CCCCCCC/C=C\C/C=C\CCCCCC)COC(=O)CCCCCCCCCCCCCCCCCCCCCCCCCCCCCCCCC. The van der Waals surface area contributed by atoms with E-state index in [9.17, 15) is 14.4 Å². The largest absolute Gasteiger partial charge is 0.462 e. The van der Waals surface area contributed by atoms with Crippen molar-refractivity contribution in [1.82, 2.24) is 0 Å². The molecule has 0 fully saturated rings. The number of hydrogen-bond acceptors (Lipinski definition) is 6. The smallest absolute Gasteiger partial charge is 0.306 e. The Kier molecular flexibility index (Phi) is 67.2. The van der Waals surface area contributed by atoms with Gasteiger partial charge in [0.1, 0.15) is 13.2 Å². The normalized spacial score (nSPS) is 12.6. The average molecular weight is 1140 g/mol. The third-order valence-electron chi connectivity index (χ3n) is 15.6. The molecule has 0 N–H and O–H groups in total. The molecule has 0 aliphatic heterocycles. The predicted octanol–water partition coefficient (Wildman–Crippen LogP) is 24.6. The van der Waals surface area contributed by atoms with Gasteiger partial charge in [-0.15, -0.1) is 0 Å². The van der Waals surface area contributed by atoms with Crippen LogP contribution < -0.4 is 0 Å². The number of hydrogen-bond donors (Lipinski definition) is 0. The highest BCUT2D eigenvalue weighted by atomic mass is 16.6. The molecule has 0 saturated heterocycles. The predicted molar refractivity (Wildman–Crippen MR) is 358 cm³/mol. The second kappa shape index (κ2) is 70.1. The van der Waals surface area contributed by atoms with Crippen molar-refractivity contribution in [2.24, 2.45) is 0 Å². The van der Waals surface area contributed by atoms with E-state index in [-0.39, 0.29) is 37.5 Å². The van der Waals surface area contributed by atoms with Gasteiger partial charge in [0.05, 0.1) is 0 Å². The molecule has 0 amide bonds. The van der Waals surface area contributed by atoms with Gasteiger partial charge in [0.25, 0.3) is 0 Å². The topological polar surface area (TPSA) is 78.9 Å². The molecule has 0 bridgehead atoms. The van der Waals surface area contributed by atoms with Gasteiger partial charge in [0, 0.05) is 19.3 Å². The lowest BCUT2D eigenvalue weighted by Crippen LogP contribution is -2.30. The first-order valence-corrected chi connectivity index (χ1v) is 35.6. The quantitative estimate of drug-likeness (QED) is 0.0261. The molecule has 6 heteroatoms. The first-order valence-electron chi connectivity index (χ1n) is 35.6. The van der Waals surface area contributed by atoms with E-state index in [2.05, 4.69) is 106 Å². The molecule has 0 saturated carbocycles. The van der Waals surface area contributed by atoms with Crippen LogP contribution >= 0.6 is 0 Å². The molecule has 1 atom stereocenters. The lowest BCUT2D eigenvalue weighted by Gasteiger charge is -2.18. The zero-order valence-electron chi connectivity index (χ0n) is 54.5. The standard InChI is InChI=1S/C76H134O6/c1-4-7-10-13-16-19-22-25-28-31-32-33-34-35-36-37-38-39-40-41-42-43-44-46-48-51-54-57-60-63-66-69-75(78)81-72-73(71-80-74(77)68-65-62-59-56-53-50-47-30-27-24-21-18-15-12-9-6-3)82-76(79)70-67-64-61-58-55-52-49-45-29-26-23-20-17-14-11-8-5-2/h8,11,17,20-21,24,26,29-30,47,49,52,58,61,73H,4-7,9-10,12-16,18-19,22-23,25,27-28,31-46,48,50-51,53-57,59-60,62-72H2,1-3H3/b11-8-,20-17-,24-21-,29-26-,47-30-,52-49-,61-58-. The van der Waals surface area contributed by atoms with Crippen molar-refractivity contribution in [3.05, 3.63) is 85.1 Å². The Morgan fingerprint density at radius 3 is 0.793 bits per heavy atom. The summed E-state index contributed by atoms with van der Waals surface area (Å²) in [6.07, 6.45) is 93.5. The molecular formula is C76H134O6. The van der Waals surface area contributed by atoms with Crippen LogP contribution in [0.15, 0.2) is 85.1 Å². The number of ether oxygens (including phenoxy) is 3. The lowest BCUT2D eigenvalue weighted by molar-refractivity contribution is -0.167. The fourth-order valence-electron chi connectivity index (χ4n) is 10.3. The maximum atomic E-state index is 12.9. The molecule has 0 radical (unpaired) electrons. The maximum Gasteiger partial charge on any atom is 0.306 e. The monoisotopic (exact) mass is 1140 g/mol. The summed E-state index contributed by atoms with van der Waals surface area (Å²) in [5.74, 6) is -0.958. The Morgan fingerprint density at radius 2 is 0.488 bits per heavy atom. The van der Waals surface area contributed by atoms with Crippen LogP contribution in [0.1, 0.15) is 361 Å². The van der Waals surface area contributed by atoms with Gasteiger partial charge in [0.2, 0.25) is 0 Å². The molecule has 0 aliphatic carbocycles. The van der Waals surface area contributed by atoms with Gasteiger partial charge in [-0.2, -0.15) is 0 Å². The summed E-state index contributed by atoms with van der Waals surface area (Å²) in [5.41, 5.74) is 0. The molecular weight excluding hydrogens is 1010 g/mol. The van der Waals surface area contributed by atoms with Crippen LogP contribution in [-0.4, -0.2) is 37.2 Å². The second-order valence-corrected chi connectivity index (χ2v) is 23.8. The fraction of sp³-hybridized carbons (Fsp3) is 0.776. The van der Waals surface area contributed by atoms with E-state index < -0.39 is 6.10 Å². The molecule has 0 aromatic rings. The van der Waals surface area contributed by atoms with Crippen LogP contribution in [0.2, 0.25) is 0 Å². The minimum atomic E-state index is -0.813. The number of allylic oxidation sites excluding steroid dienone is 14. The first-order chi connectivity index (χ1) is 40.5. The molecule has 82 heavy (non-hydrogen) atoms. The van der Waals surface area contributed by atoms with Crippen LogP contribution in [0.3, 0.4) is 0 Å². The maximum absolute atomic E-state index is 12.9. The van der Waals surface area contributed by atoms with Crippen molar-refractivity contribution in [2.45, 2.75) is 367 Å². The molecule has 0 aliphatic rings. The van der Waals surface area contributed by atoms with Crippen molar-refractivity contribution in [1.29, 1.82) is 0 Å². The van der Waals surface area contributed by atoms with Crippen molar-refractivity contribution >= 4 is 17.9 Å². The van der Waals surface area contributed by atoms with E-state index in [1.165, 1.54) is 212 Å². The van der Waals surface area contributed by atoms with Crippen molar-refractivity contribution in [2.75, 3.05) is 13.2 Å². The molecule has 1 unspecified atom stereocenters. The van der Waals surface area contributed by atoms with E-state index in [4.69, 9.17) is 14.2 Å². The Balaban J connectivity index is 4.25. The van der Waals surface area contributed by atoms with Gasteiger partial charge in [-0.25, -0.2) is 0 Å². The van der Waals surface area contributed by atoms with Gasteiger partial charge in [-0.3, -0.25) is 14.4 Å². The molecule has 0 heterocycles. The van der Waals surface area contributed by atoms with Crippen LogP contribution in [0, 0.1) is 0 Å². The fourth-order valence-corrected chi connectivity index (χ4v) is 10.3. The van der Waals surface area contributed by atoms with Gasteiger partial charge in [-0.05, 0) is 89.9 Å². The Hall–Kier alpha value is -3.41. The van der Waals surface area contributed by atoms with Gasteiger partial charge in [-0.1, -0.05) is 337 Å². The molecule has 0 aromatic heterocycles. The van der Waals surface area contributed by atoms with E-state index >= 15 is 0 Å². The highest BCUT2D eigenvalue weighted by molar-refractivity contribution is 5.71. The van der Waals surface area contributed by atoms with Crippen molar-refractivity contribution in [3.63, 3.8) is 0 Å². The number of unbranched alkanes of at least 4 members (excludes halogenated alkanes) is 40. The van der Waals surface area contributed by atoms with Crippen LogP contribution in [0.5, 0.6) is 0 Å². The number of carbonyl (C=O) groups excluding carboxylic acids is 3. The number of rotatable bonds is 65. The summed E-state index contributed by atoms with van der Waals surface area (Å²) in [7, 11) is 0. The number of carbonyl (C=O) groups is 3. The zero-order valence-corrected chi connectivity index (χ0v) is 54.5. The van der Waals surface area contributed by atoms with E-state index in [1.807, 2.05) is 0 Å². The number of esters is 3. The highest BCUT2D eigenvalue weighted by Gasteiger charge is 2.19. The van der Waals surface area contributed by atoms with E-state index in [0.29, 0.717) is 19.3 Å². The first kappa shape index (κ1) is 78.6. The van der Waals surface area contributed by atoms with E-state index in [1.54, 1.807) is 0 Å². The average Bonchev–Trinajstić information content (AvgIpc) is 3.47. The molecule has 6 nitrogen and oxygen atoms in total. The van der Waals surface area contributed by atoms with Gasteiger partial charge < -0.3 is 14.2 Å². The summed E-state index contributed by atoms with van der Waals surface area (Å²) >= 11 is 0. The third-order valence-corrected chi connectivity index (χ3v) is 15.6. The van der Waals surface area contributed by atoms with Gasteiger partial charge >= 0.3 is 17.9 Å². The minimum absolute atomic E-state index is 0.101.